The molecule has 0 aromatic carbocycles. The maximum atomic E-state index is 12.0. The van der Waals surface area contributed by atoms with E-state index in [0.717, 1.165) is 39.0 Å². The Labute approximate surface area is 102 Å². The van der Waals surface area contributed by atoms with Crippen molar-refractivity contribution < 1.29 is 9.59 Å². The summed E-state index contributed by atoms with van der Waals surface area (Å²) in [5.41, 5.74) is 0. The molecule has 0 saturated carbocycles. The fraction of sp³-hybridized carbons (Fsp3) is 0.833. The molecule has 0 unspecified atom stereocenters. The van der Waals surface area contributed by atoms with E-state index >= 15 is 0 Å². The zero-order valence-corrected chi connectivity index (χ0v) is 10.4. The summed E-state index contributed by atoms with van der Waals surface area (Å²) in [5.74, 6) is 0.0493. The SMILES string of the molecule is CC1CCN(C(=O)C(=O)N2CCNCC2)CC1. The number of carbonyl (C=O) groups excluding carboxylic acids is 2. The molecule has 0 aromatic heterocycles. The number of nitrogens with zero attached hydrogens (tertiary/aromatic N) is 2. The lowest BCUT2D eigenvalue weighted by atomic mass is 9.99. The van der Waals surface area contributed by atoms with Crippen molar-refractivity contribution in [3.63, 3.8) is 0 Å². The Balaban J connectivity index is 1.88. The number of hydrogen-bond donors (Lipinski definition) is 1. The summed E-state index contributed by atoms with van der Waals surface area (Å²) in [5, 5.41) is 3.18. The van der Waals surface area contributed by atoms with E-state index in [0.29, 0.717) is 19.0 Å². The van der Waals surface area contributed by atoms with Gasteiger partial charge in [0.25, 0.3) is 0 Å². The third-order valence-corrected chi connectivity index (χ3v) is 3.66. The Morgan fingerprint density at radius 2 is 1.41 bits per heavy atom. The highest BCUT2D eigenvalue weighted by atomic mass is 16.2. The lowest BCUT2D eigenvalue weighted by molar-refractivity contribution is -0.152. The van der Waals surface area contributed by atoms with E-state index in [1.807, 2.05) is 0 Å². The minimum Gasteiger partial charge on any atom is -0.334 e. The van der Waals surface area contributed by atoms with Crippen LogP contribution in [-0.2, 0) is 9.59 Å². The minimum atomic E-state index is -0.318. The van der Waals surface area contributed by atoms with Crippen LogP contribution < -0.4 is 5.32 Å². The first kappa shape index (κ1) is 12.4. The normalized spacial score (nSPS) is 22.6. The van der Waals surface area contributed by atoms with Gasteiger partial charge in [0, 0.05) is 39.3 Å². The fourth-order valence-corrected chi connectivity index (χ4v) is 2.35. The van der Waals surface area contributed by atoms with Crippen LogP contribution in [0.5, 0.6) is 0 Å². The van der Waals surface area contributed by atoms with Gasteiger partial charge in [-0.15, -0.1) is 0 Å². The third kappa shape index (κ3) is 2.97. The Morgan fingerprint density at radius 1 is 0.941 bits per heavy atom. The molecule has 2 rings (SSSR count). The lowest BCUT2D eigenvalue weighted by Gasteiger charge is -2.33. The van der Waals surface area contributed by atoms with Crippen LogP contribution in [0.1, 0.15) is 19.8 Å². The summed E-state index contributed by atoms with van der Waals surface area (Å²) in [4.78, 5) is 27.4. The van der Waals surface area contributed by atoms with E-state index in [1.165, 1.54) is 0 Å². The van der Waals surface area contributed by atoms with E-state index in [4.69, 9.17) is 0 Å². The molecule has 0 spiro atoms. The molecule has 2 aliphatic heterocycles. The van der Waals surface area contributed by atoms with Crippen LogP contribution in [0.2, 0.25) is 0 Å². The summed E-state index contributed by atoms with van der Waals surface area (Å²) in [6.45, 7) is 6.53. The Kier molecular flexibility index (Phi) is 3.99. The van der Waals surface area contributed by atoms with Gasteiger partial charge in [-0.25, -0.2) is 0 Å². The van der Waals surface area contributed by atoms with E-state index in [9.17, 15) is 9.59 Å². The van der Waals surface area contributed by atoms with Crippen molar-refractivity contribution in [3.05, 3.63) is 0 Å². The molecule has 2 fully saturated rings. The molecule has 5 nitrogen and oxygen atoms in total. The van der Waals surface area contributed by atoms with E-state index in [1.54, 1.807) is 9.80 Å². The highest BCUT2D eigenvalue weighted by Gasteiger charge is 2.29. The number of piperazine rings is 1. The second kappa shape index (κ2) is 5.49. The Hall–Kier alpha value is -1.10. The van der Waals surface area contributed by atoms with Gasteiger partial charge in [0.05, 0.1) is 0 Å². The van der Waals surface area contributed by atoms with Gasteiger partial charge in [-0.05, 0) is 18.8 Å². The second-order valence-corrected chi connectivity index (χ2v) is 5.02. The maximum absolute atomic E-state index is 12.0. The molecular formula is C12H21N3O2. The van der Waals surface area contributed by atoms with Gasteiger partial charge in [-0.2, -0.15) is 0 Å². The predicted molar refractivity (Wildman–Crippen MR) is 64.4 cm³/mol. The van der Waals surface area contributed by atoms with Crippen molar-refractivity contribution in [1.82, 2.24) is 15.1 Å². The first-order chi connectivity index (χ1) is 8.18. The molecule has 0 aliphatic carbocycles. The van der Waals surface area contributed by atoms with Crippen LogP contribution in [0.3, 0.4) is 0 Å². The van der Waals surface area contributed by atoms with Gasteiger partial charge in [-0.3, -0.25) is 9.59 Å². The molecule has 2 amide bonds. The quantitative estimate of drug-likeness (QED) is 0.589. The molecule has 2 aliphatic rings. The Bertz CT molecular complexity index is 292. The zero-order chi connectivity index (χ0) is 12.3. The number of rotatable bonds is 0. The van der Waals surface area contributed by atoms with Gasteiger partial charge < -0.3 is 15.1 Å². The molecular weight excluding hydrogens is 218 g/mol. The molecule has 5 heteroatoms. The van der Waals surface area contributed by atoms with Crippen LogP contribution in [0.4, 0.5) is 0 Å². The standard InChI is InChI=1S/C12H21N3O2/c1-10-2-6-14(7-3-10)11(16)12(17)15-8-4-13-5-9-15/h10,13H,2-9H2,1H3. The largest absolute Gasteiger partial charge is 0.334 e. The van der Waals surface area contributed by atoms with Crippen molar-refractivity contribution in [3.8, 4) is 0 Å². The molecule has 2 heterocycles. The zero-order valence-electron chi connectivity index (χ0n) is 10.4. The average Bonchev–Trinajstić information content (AvgIpc) is 2.39. The van der Waals surface area contributed by atoms with Crippen LogP contribution in [0, 0.1) is 5.92 Å². The first-order valence-electron chi connectivity index (χ1n) is 6.47. The van der Waals surface area contributed by atoms with Crippen LogP contribution in [0.25, 0.3) is 0 Å². The number of piperidine rings is 1. The maximum Gasteiger partial charge on any atom is 0.312 e. The number of amides is 2. The second-order valence-electron chi connectivity index (χ2n) is 5.02. The smallest absolute Gasteiger partial charge is 0.312 e. The molecule has 1 N–H and O–H groups in total. The highest BCUT2D eigenvalue weighted by Crippen LogP contribution is 2.16. The fourth-order valence-electron chi connectivity index (χ4n) is 2.35. The van der Waals surface area contributed by atoms with Crippen molar-refractivity contribution in [2.75, 3.05) is 39.3 Å². The molecule has 0 atom stereocenters. The van der Waals surface area contributed by atoms with Crippen molar-refractivity contribution in [2.45, 2.75) is 19.8 Å². The molecule has 2 saturated heterocycles. The van der Waals surface area contributed by atoms with E-state index in [2.05, 4.69) is 12.2 Å². The molecule has 0 aromatic rings. The molecule has 0 radical (unpaired) electrons. The van der Waals surface area contributed by atoms with Gasteiger partial charge >= 0.3 is 11.8 Å². The number of hydrogen-bond acceptors (Lipinski definition) is 3. The topological polar surface area (TPSA) is 52.7 Å². The van der Waals surface area contributed by atoms with Crippen LogP contribution >= 0.6 is 0 Å². The van der Waals surface area contributed by atoms with E-state index < -0.39 is 0 Å². The van der Waals surface area contributed by atoms with Gasteiger partial charge in [-0.1, -0.05) is 6.92 Å². The van der Waals surface area contributed by atoms with Crippen molar-refractivity contribution in [1.29, 1.82) is 0 Å². The summed E-state index contributed by atoms with van der Waals surface area (Å²) in [7, 11) is 0. The van der Waals surface area contributed by atoms with E-state index in [-0.39, 0.29) is 11.8 Å². The van der Waals surface area contributed by atoms with Crippen LogP contribution in [-0.4, -0.2) is 60.9 Å². The van der Waals surface area contributed by atoms with Crippen molar-refractivity contribution in [2.24, 2.45) is 5.92 Å². The van der Waals surface area contributed by atoms with Gasteiger partial charge in [0.2, 0.25) is 0 Å². The summed E-state index contributed by atoms with van der Waals surface area (Å²) >= 11 is 0. The monoisotopic (exact) mass is 239 g/mol. The molecule has 17 heavy (non-hydrogen) atoms. The van der Waals surface area contributed by atoms with Gasteiger partial charge in [0.1, 0.15) is 0 Å². The number of carbonyl (C=O) groups is 2. The highest BCUT2D eigenvalue weighted by molar-refractivity contribution is 6.34. The molecule has 0 bridgehead atoms. The molecule has 96 valence electrons. The van der Waals surface area contributed by atoms with Gasteiger partial charge in [0.15, 0.2) is 0 Å². The average molecular weight is 239 g/mol. The minimum absolute atomic E-state index is 0.307. The van der Waals surface area contributed by atoms with Crippen LogP contribution in [0.15, 0.2) is 0 Å². The third-order valence-electron chi connectivity index (χ3n) is 3.66. The Morgan fingerprint density at radius 3 is 1.94 bits per heavy atom. The number of likely N-dealkylation sites (tertiary alicyclic amines) is 1. The summed E-state index contributed by atoms with van der Waals surface area (Å²) in [6.07, 6.45) is 2.03. The first-order valence-corrected chi connectivity index (χ1v) is 6.47. The lowest BCUT2D eigenvalue weighted by Crippen LogP contribution is -2.53. The summed E-state index contributed by atoms with van der Waals surface area (Å²) in [6, 6.07) is 0. The number of nitrogens with one attached hydrogen (secondary N) is 1. The summed E-state index contributed by atoms with van der Waals surface area (Å²) < 4.78 is 0. The predicted octanol–water partition coefficient (Wildman–Crippen LogP) is -0.323. The van der Waals surface area contributed by atoms with Crippen molar-refractivity contribution >= 4 is 11.8 Å².